The Bertz CT molecular complexity index is 649. The maximum absolute atomic E-state index is 13.0. The van der Waals surface area contributed by atoms with Crippen molar-refractivity contribution in [1.82, 2.24) is 0 Å². The minimum Gasteiger partial charge on any atom is -0.494 e. The van der Waals surface area contributed by atoms with Crippen LogP contribution in [0.25, 0.3) is 0 Å². The first-order chi connectivity index (χ1) is 10.6. The molecule has 0 saturated heterocycles. The summed E-state index contributed by atoms with van der Waals surface area (Å²) >= 11 is 6.99. The summed E-state index contributed by atoms with van der Waals surface area (Å²) in [6.45, 7) is 2.51. The molecule has 2 aromatic rings. The van der Waals surface area contributed by atoms with Crippen LogP contribution in [0.5, 0.6) is 5.75 Å². The predicted octanol–water partition coefficient (Wildman–Crippen LogP) is 4.61. The van der Waals surface area contributed by atoms with E-state index >= 15 is 0 Å². The van der Waals surface area contributed by atoms with Gasteiger partial charge in [-0.25, -0.2) is 4.39 Å². The van der Waals surface area contributed by atoms with Crippen molar-refractivity contribution in [2.45, 2.75) is 11.8 Å². The molecular weight excluding hydrogens is 325 g/mol. The molecule has 0 bridgehead atoms. The molecule has 0 unspecified atom stereocenters. The van der Waals surface area contributed by atoms with Crippen LogP contribution in [0.2, 0.25) is 5.02 Å². The highest BCUT2D eigenvalue weighted by atomic mass is 35.5. The summed E-state index contributed by atoms with van der Waals surface area (Å²) in [6, 6.07) is 11.5. The molecule has 0 aromatic heterocycles. The third-order valence-corrected chi connectivity index (χ3v) is 3.99. The molecule has 0 saturated carbocycles. The van der Waals surface area contributed by atoms with E-state index in [9.17, 15) is 9.18 Å². The van der Waals surface area contributed by atoms with Crippen LogP contribution in [-0.2, 0) is 4.79 Å². The molecule has 0 fully saturated rings. The molecule has 1 N–H and O–H groups in total. The summed E-state index contributed by atoms with van der Waals surface area (Å²) in [7, 11) is 0. The second-order valence-corrected chi connectivity index (χ2v) is 5.83. The number of ether oxygens (including phenoxy) is 1. The lowest BCUT2D eigenvalue weighted by Crippen LogP contribution is -2.13. The highest BCUT2D eigenvalue weighted by molar-refractivity contribution is 8.00. The highest BCUT2D eigenvalue weighted by Crippen LogP contribution is 2.24. The SMILES string of the molecule is CCOc1ccc(NC(=O)CSc2ccc(F)c(Cl)c2)cc1. The number of rotatable bonds is 6. The average Bonchev–Trinajstić information content (AvgIpc) is 2.51. The number of nitrogens with one attached hydrogen (secondary N) is 1. The zero-order valence-electron chi connectivity index (χ0n) is 11.9. The molecule has 0 spiro atoms. The molecule has 1 amide bonds. The number of amides is 1. The fraction of sp³-hybridized carbons (Fsp3) is 0.188. The summed E-state index contributed by atoms with van der Waals surface area (Å²) in [5, 5.41) is 2.84. The second kappa shape index (κ2) is 8.06. The van der Waals surface area contributed by atoms with Gasteiger partial charge in [0, 0.05) is 10.6 Å². The Morgan fingerprint density at radius 2 is 2.00 bits per heavy atom. The Labute approximate surface area is 137 Å². The van der Waals surface area contributed by atoms with E-state index in [-0.39, 0.29) is 16.7 Å². The second-order valence-electron chi connectivity index (χ2n) is 4.37. The fourth-order valence-corrected chi connectivity index (χ4v) is 2.69. The van der Waals surface area contributed by atoms with Crippen molar-refractivity contribution in [2.75, 3.05) is 17.7 Å². The van der Waals surface area contributed by atoms with Gasteiger partial charge in [0.25, 0.3) is 0 Å². The van der Waals surface area contributed by atoms with Crippen molar-refractivity contribution in [1.29, 1.82) is 0 Å². The smallest absolute Gasteiger partial charge is 0.234 e. The number of thioether (sulfide) groups is 1. The van der Waals surface area contributed by atoms with Crippen LogP contribution in [0.3, 0.4) is 0 Å². The van der Waals surface area contributed by atoms with Gasteiger partial charge < -0.3 is 10.1 Å². The molecule has 22 heavy (non-hydrogen) atoms. The number of carbonyl (C=O) groups is 1. The standard InChI is InChI=1S/C16H15ClFNO2S/c1-2-21-12-5-3-11(4-6-12)19-16(20)10-22-13-7-8-15(18)14(17)9-13/h3-9H,2,10H2,1H3,(H,19,20). The van der Waals surface area contributed by atoms with Gasteiger partial charge >= 0.3 is 0 Å². The molecule has 0 aliphatic heterocycles. The lowest BCUT2D eigenvalue weighted by molar-refractivity contribution is -0.113. The zero-order valence-corrected chi connectivity index (χ0v) is 13.5. The monoisotopic (exact) mass is 339 g/mol. The van der Waals surface area contributed by atoms with E-state index in [2.05, 4.69) is 5.32 Å². The fourth-order valence-electron chi connectivity index (χ4n) is 1.71. The Hall–Kier alpha value is -1.72. The lowest BCUT2D eigenvalue weighted by atomic mass is 10.3. The van der Waals surface area contributed by atoms with E-state index in [1.165, 1.54) is 23.9 Å². The first-order valence-electron chi connectivity index (χ1n) is 6.69. The molecule has 0 heterocycles. The topological polar surface area (TPSA) is 38.3 Å². The van der Waals surface area contributed by atoms with Crippen LogP contribution in [-0.4, -0.2) is 18.3 Å². The van der Waals surface area contributed by atoms with Crippen molar-refractivity contribution in [3.05, 3.63) is 53.3 Å². The van der Waals surface area contributed by atoms with Gasteiger partial charge in [0.05, 0.1) is 17.4 Å². The Morgan fingerprint density at radius 1 is 1.27 bits per heavy atom. The molecule has 3 nitrogen and oxygen atoms in total. The minimum atomic E-state index is -0.468. The van der Waals surface area contributed by atoms with Gasteiger partial charge in [-0.15, -0.1) is 11.8 Å². The van der Waals surface area contributed by atoms with Gasteiger partial charge in [-0.05, 0) is 49.4 Å². The largest absolute Gasteiger partial charge is 0.494 e. The number of benzene rings is 2. The van der Waals surface area contributed by atoms with E-state index in [0.717, 1.165) is 10.6 Å². The van der Waals surface area contributed by atoms with Crippen LogP contribution in [0.15, 0.2) is 47.4 Å². The first kappa shape index (κ1) is 16.6. The summed E-state index contributed by atoms with van der Waals surface area (Å²) in [4.78, 5) is 12.6. The maximum atomic E-state index is 13.0. The van der Waals surface area contributed by atoms with Crippen LogP contribution < -0.4 is 10.1 Å². The Morgan fingerprint density at radius 3 is 2.64 bits per heavy atom. The maximum Gasteiger partial charge on any atom is 0.234 e. The Kier molecular flexibility index (Phi) is 6.10. The van der Waals surface area contributed by atoms with E-state index in [1.54, 1.807) is 30.3 Å². The lowest BCUT2D eigenvalue weighted by Gasteiger charge is -2.07. The zero-order chi connectivity index (χ0) is 15.9. The third kappa shape index (κ3) is 4.93. The predicted molar refractivity (Wildman–Crippen MR) is 88.4 cm³/mol. The van der Waals surface area contributed by atoms with Crippen LogP contribution in [0.1, 0.15) is 6.92 Å². The highest BCUT2D eigenvalue weighted by Gasteiger charge is 2.06. The van der Waals surface area contributed by atoms with E-state index in [4.69, 9.17) is 16.3 Å². The molecule has 116 valence electrons. The van der Waals surface area contributed by atoms with Crippen LogP contribution >= 0.6 is 23.4 Å². The number of hydrogen-bond acceptors (Lipinski definition) is 3. The van der Waals surface area contributed by atoms with Crippen LogP contribution in [0.4, 0.5) is 10.1 Å². The van der Waals surface area contributed by atoms with Gasteiger partial charge in [-0.3, -0.25) is 4.79 Å². The molecule has 0 aliphatic rings. The van der Waals surface area contributed by atoms with Crippen molar-refractivity contribution >= 4 is 35.0 Å². The van der Waals surface area contributed by atoms with Gasteiger partial charge in [0.15, 0.2) is 0 Å². The van der Waals surface area contributed by atoms with Crippen molar-refractivity contribution in [2.24, 2.45) is 0 Å². The third-order valence-electron chi connectivity index (χ3n) is 2.71. The first-order valence-corrected chi connectivity index (χ1v) is 8.05. The quantitative estimate of drug-likeness (QED) is 0.781. The summed E-state index contributed by atoms with van der Waals surface area (Å²) < 4.78 is 18.4. The van der Waals surface area contributed by atoms with Crippen molar-refractivity contribution in [3.63, 3.8) is 0 Å². The number of hydrogen-bond donors (Lipinski definition) is 1. The average molecular weight is 340 g/mol. The van der Waals surface area contributed by atoms with E-state index in [0.29, 0.717) is 12.3 Å². The van der Waals surface area contributed by atoms with Crippen LogP contribution in [0, 0.1) is 5.82 Å². The number of anilines is 1. The summed E-state index contributed by atoms with van der Waals surface area (Å²) in [5.74, 6) is 0.366. The number of carbonyl (C=O) groups excluding carboxylic acids is 1. The molecule has 2 aromatic carbocycles. The summed E-state index contributed by atoms with van der Waals surface area (Å²) in [6.07, 6.45) is 0. The molecule has 2 rings (SSSR count). The number of halogens is 2. The molecule has 0 aliphatic carbocycles. The van der Waals surface area contributed by atoms with Gasteiger partial charge in [-0.2, -0.15) is 0 Å². The molecule has 0 radical (unpaired) electrons. The van der Waals surface area contributed by atoms with Crippen molar-refractivity contribution < 1.29 is 13.9 Å². The minimum absolute atomic E-state index is 0.0527. The van der Waals surface area contributed by atoms with E-state index in [1.807, 2.05) is 6.92 Å². The molecule has 6 heteroatoms. The Balaban J connectivity index is 1.85. The normalized spacial score (nSPS) is 10.3. The van der Waals surface area contributed by atoms with E-state index < -0.39 is 5.82 Å². The summed E-state index contributed by atoms with van der Waals surface area (Å²) in [5.41, 5.74) is 0.700. The molecule has 0 atom stereocenters. The van der Waals surface area contributed by atoms with Gasteiger partial charge in [-0.1, -0.05) is 11.6 Å². The molecular formula is C16H15ClFNO2S. The van der Waals surface area contributed by atoms with Gasteiger partial charge in [0.1, 0.15) is 11.6 Å². The van der Waals surface area contributed by atoms with Crippen molar-refractivity contribution in [3.8, 4) is 5.75 Å². The van der Waals surface area contributed by atoms with Gasteiger partial charge in [0.2, 0.25) is 5.91 Å².